The van der Waals surface area contributed by atoms with Crippen LogP contribution >= 0.6 is 0 Å². The van der Waals surface area contributed by atoms with Gasteiger partial charge in [-0.1, -0.05) is 20.4 Å². The average Bonchev–Trinajstić information content (AvgIpc) is 2.87. The average molecular weight is 455 g/mol. The molecule has 10 atom stereocenters. The molecule has 4 saturated carbocycles. The Morgan fingerprint density at radius 1 is 1.06 bits per heavy atom. The molecule has 0 aromatic carbocycles. The molecule has 0 amide bonds. The largest absolute Gasteiger partial charge is 0.392 e. The van der Waals surface area contributed by atoms with Crippen LogP contribution in [0, 0.1) is 34.0 Å². The normalized spacial score (nSPS) is 53.2. The van der Waals surface area contributed by atoms with Crippen LogP contribution in [0.25, 0.3) is 0 Å². The molecule has 2 spiro atoms. The van der Waals surface area contributed by atoms with Crippen molar-refractivity contribution in [3.63, 3.8) is 0 Å². The van der Waals surface area contributed by atoms with Gasteiger partial charge in [0.2, 0.25) is 5.79 Å². The van der Waals surface area contributed by atoms with Crippen molar-refractivity contribution in [1.29, 1.82) is 0 Å². The van der Waals surface area contributed by atoms with Crippen molar-refractivity contribution in [2.45, 2.75) is 83.6 Å². The molecule has 2 saturated heterocycles. The lowest BCUT2D eigenvalue weighted by molar-refractivity contribution is -0.525. The first-order chi connectivity index (χ1) is 15.1. The molecule has 0 aromatic rings. The van der Waals surface area contributed by atoms with Gasteiger partial charge in [-0.3, -0.25) is 0 Å². The van der Waals surface area contributed by atoms with Gasteiger partial charge in [-0.05, 0) is 56.4 Å². The van der Waals surface area contributed by atoms with Crippen molar-refractivity contribution >= 4 is 0 Å². The fourth-order valence-electron chi connectivity index (χ4n) is 8.62. The van der Waals surface area contributed by atoms with Gasteiger partial charge < -0.3 is 20.1 Å². The minimum Gasteiger partial charge on any atom is -0.392 e. The highest BCUT2D eigenvalue weighted by Gasteiger charge is 2.87. The van der Waals surface area contributed by atoms with E-state index in [1.165, 1.54) is 0 Å². The minimum absolute atomic E-state index is 0.197. The van der Waals surface area contributed by atoms with Gasteiger partial charge in [-0.25, -0.2) is 19.6 Å². The van der Waals surface area contributed by atoms with Crippen LogP contribution in [0.15, 0.2) is 12.2 Å². The van der Waals surface area contributed by atoms with Gasteiger partial charge in [0.25, 0.3) is 0 Å². The molecule has 4 bridgehead atoms. The van der Waals surface area contributed by atoms with E-state index in [1.54, 1.807) is 0 Å². The first-order valence-corrected chi connectivity index (χ1v) is 12.1. The van der Waals surface area contributed by atoms with Gasteiger partial charge in [0, 0.05) is 17.3 Å². The summed E-state index contributed by atoms with van der Waals surface area (Å²) in [4.78, 5) is 22.6. The van der Waals surface area contributed by atoms with Crippen molar-refractivity contribution in [3.05, 3.63) is 12.2 Å². The molecule has 4 aliphatic carbocycles. The molecule has 2 aliphatic heterocycles. The van der Waals surface area contributed by atoms with E-state index in [4.69, 9.17) is 24.3 Å². The number of rotatable bonds is 6. The summed E-state index contributed by atoms with van der Waals surface area (Å²) in [7, 11) is 0. The highest BCUT2D eigenvalue weighted by atomic mass is 17.2. The van der Waals surface area contributed by atoms with Crippen molar-refractivity contribution in [2.24, 2.45) is 34.0 Å². The van der Waals surface area contributed by atoms with Crippen LogP contribution in [0.4, 0.5) is 0 Å². The summed E-state index contributed by atoms with van der Waals surface area (Å²) in [6, 6.07) is 0. The molecular weight excluding hydrogens is 416 g/mol. The minimum atomic E-state index is -1.90. The zero-order valence-corrected chi connectivity index (χ0v) is 19.6. The number of hydrogen-bond acceptors (Lipinski definition) is 8. The summed E-state index contributed by atoms with van der Waals surface area (Å²) in [6.45, 7) is 13.0. The molecular formula is C24H38O8. The fourth-order valence-corrected chi connectivity index (χ4v) is 8.62. The smallest absolute Gasteiger partial charge is 0.207 e. The summed E-state index contributed by atoms with van der Waals surface area (Å²) >= 11 is 0. The molecule has 32 heavy (non-hydrogen) atoms. The number of hydrogen-bond donors (Lipinski definition) is 3. The molecule has 6 rings (SSSR count). The van der Waals surface area contributed by atoms with E-state index in [-0.39, 0.29) is 29.8 Å². The zero-order valence-electron chi connectivity index (χ0n) is 19.6. The van der Waals surface area contributed by atoms with E-state index < -0.39 is 41.0 Å². The van der Waals surface area contributed by atoms with Crippen LogP contribution in [0.2, 0.25) is 0 Å². The lowest BCUT2D eigenvalue weighted by Gasteiger charge is -2.75. The summed E-state index contributed by atoms with van der Waals surface area (Å²) in [5.41, 5.74) is -1.55. The van der Waals surface area contributed by atoms with Crippen LogP contribution in [0.3, 0.4) is 0 Å². The van der Waals surface area contributed by atoms with Gasteiger partial charge in [0.1, 0.15) is 6.10 Å². The Balaban J connectivity index is 1.75. The van der Waals surface area contributed by atoms with Crippen LogP contribution in [-0.2, 0) is 24.3 Å². The first-order valence-electron chi connectivity index (χ1n) is 12.1. The third-order valence-electron chi connectivity index (χ3n) is 9.64. The standard InChI is InChI=1S/C24H38O8/c1-6-29-31-19-13(3)14-8-9-15-22-12-28-24(27,23(15,19)18(14)26)20(32-30-7-2)17(22)21(4,5)11-10-16(22)25/h14-20,25-27H,3,6-12H2,1-2,4-5H3/t14-,15?,16-,17?,18+,19+,20-,22+,23+,24-/m0/s1. The van der Waals surface area contributed by atoms with Crippen molar-refractivity contribution < 1.29 is 39.6 Å². The van der Waals surface area contributed by atoms with Gasteiger partial charge >= 0.3 is 0 Å². The maximum Gasteiger partial charge on any atom is 0.207 e. The van der Waals surface area contributed by atoms with Crippen molar-refractivity contribution in [1.82, 2.24) is 0 Å². The SMILES string of the molecule is C=C1[C@@H](OOCC)[C@@]23C(CC[C@@H]1[C@H]2O)[C@@]12CO[C@@]3(O)[C@@H](OOCC)C1C(C)(C)CC[C@@H]2O. The second-order valence-electron chi connectivity index (χ2n) is 11.1. The molecule has 2 unspecified atom stereocenters. The predicted molar refractivity (Wildman–Crippen MR) is 113 cm³/mol. The third kappa shape index (κ3) is 2.45. The predicted octanol–water partition coefficient (Wildman–Crippen LogP) is 2.12. The van der Waals surface area contributed by atoms with E-state index >= 15 is 0 Å². The maximum absolute atomic E-state index is 12.4. The highest BCUT2D eigenvalue weighted by molar-refractivity contribution is 5.38. The Morgan fingerprint density at radius 3 is 2.44 bits per heavy atom. The van der Waals surface area contributed by atoms with Crippen LogP contribution in [0.1, 0.15) is 53.4 Å². The topological polar surface area (TPSA) is 107 Å². The lowest BCUT2D eigenvalue weighted by Crippen LogP contribution is -2.86. The molecule has 3 N–H and O–H groups in total. The van der Waals surface area contributed by atoms with E-state index in [9.17, 15) is 15.3 Å². The van der Waals surface area contributed by atoms with Crippen molar-refractivity contribution in [3.8, 4) is 0 Å². The second kappa shape index (κ2) is 7.46. The molecule has 0 radical (unpaired) electrons. The molecule has 8 heteroatoms. The summed E-state index contributed by atoms with van der Waals surface area (Å²) in [6.07, 6.45) is -0.475. The van der Waals surface area contributed by atoms with E-state index in [0.29, 0.717) is 31.6 Å². The van der Waals surface area contributed by atoms with Crippen molar-refractivity contribution in [2.75, 3.05) is 19.8 Å². The summed E-state index contributed by atoms with van der Waals surface area (Å²) < 4.78 is 6.27. The Bertz CT molecular complexity index is 771. The van der Waals surface area contributed by atoms with E-state index in [1.807, 2.05) is 13.8 Å². The zero-order chi connectivity index (χ0) is 23.1. The van der Waals surface area contributed by atoms with Crippen LogP contribution in [-0.4, -0.2) is 65.3 Å². The summed E-state index contributed by atoms with van der Waals surface area (Å²) in [5.74, 6) is -2.64. The number of aliphatic hydroxyl groups is 3. The number of aliphatic hydroxyl groups excluding tert-OH is 2. The van der Waals surface area contributed by atoms with Gasteiger partial charge in [0.05, 0.1) is 37.4 Å². The number of ether oxygens (including phenoxy) is 1. The Kier molecular flexibility index (Phi) is 5.40. The van der Waals surface area contributed by atoms with Gasteiger partial charge in [0.15, 0.2) is 6.10 Å². The van der Waals surface area contributed by atoms with Crippen LogP contribution in [0.5, 0.6) is 0 Å². The Hall–Kier alpha value is -0.580. The quantitative estimate of drug-likeness (QED) is 0.318. The Labute approximate surface area is 189 Å². The second-order valence-corrected chi connectivity index (χ2v) is 11.1. The van der Waals surface area contributed by atoms with Gasteiger partial charge in [-0.2, -0.15) is 0 Å². The Morgan fingerprint density at radius 2 is 1.75 bits per heavy atom. The van der Waals surface area contributed by atoms with Gasteiger partial charge in [-0.15, -0.1) is 0 Å². The van der Waals surface area contributed by atoms with E-state index in [0.717, 1.165) is 12.8 Å². The molecule has 2 heterocycles. The monoisotopic (exact) mass is 454 g/mol. The first kappa shape index (κ1) is 23.2. The highest BCUT2D eigenvalue weighted by Crippen LogP contribution is 2.78. The molecule has 0 aromatic heterocycles. The molecule has 6 fully saturated rings. The van der Waals surface area contributed by atoms with Crippen LogP contribution < -0.4 is 0 Å². The fraction of sp³-hybridized carbons (Fsp3) is 0.917. The molecule has 6 aliphatic rings. The van der Waals surface area contributed by atoms with E-state index in [2.05, 4.69) is 20.4 Å². The maximum atomic E-state index is 12.4. The molecule has 182 valence electrons. The third-order valence-corrected chi connectivity index (χ3v) is 9.64. The summed E-state index contributed by atoms with van der Waals surface area (Å²) in [5, 5.41) is 35.8. The number of fused-ring (bicyclic) bond motifs is 2. The lowest BCUT2D eigenvalue weighted by atomic mass is 9.35. The molecule has 8 nitrogen and oxygen atoms in total.